The zero-order valence-electron chi connectivity index (χ0n) is 13.9. The van der Waals surface area contributed by atoms with Gasteiger partial charge in [-0.2, -0.15) is 0 Å². The predicted molar refractivity (Wildman–Crippen MR) is 99.0 cm³/mol. The van der Waals surface area contributed by atoms with Gasteiger partial charge in [-0.25, -0.2) is 9.67 Å². The van der Waals surface area contributed by atoms with E-state index < -0.39 is 0 Å². The second-order valence-electron chi connectivity index (χ2n) is 5.23. The van der Waals surface area contributed by atoms with Crippen molar-refractivity contribution in [2.24, 2.45) is 0 Å². The van der Waals surface area contributed by atoms with Crippen LogP contribution in [0.25, 0.3) is 0 Å². The maximum absolute atomic E-state index is 5.35. The Hall–Kier alpha value is -1.97. The van der Waals surface area contributed by atoms with E-state index in [1.807, 2.05) is 29.1 Å². The molecule has 7 nitrogen and oxygen atoms in total. The number of aromatic nitrogens is 4. The van der Waals surface area contributed by atoms with Crippen molar-refractivity contribution in [2.75, 3.05) is 14.2 Å². The van der Waals surface area contributed by atoms with E-state index in [4.69, 9.17) is 9.47 Å². The lowest BCUT2D eigenvalue weighted by atomic mass is 10.2. The third-order valence-electron chi connectivity index (χ3n) is 3.59. The summed E-state index contributed by atoms with van der Waals surface area (Å²) < 4.78 is 13.5. The molecule has 1 N–H and O–H groups in total. The van der Waals surface area contributed by atoms with E-state index in [1.54, 1.807) is 31.8 Å². The van der Waals surface area contributed by atoms with E-state index >= 15 is 0 Å². The van der Waals surface area contributed by atoms with Crippen LogP contribution in [0, 0.1) is 0 Å². The van der Waals surface area contributed by atoms with Crippen LogP contribution in [0.4, 0.5) is 0 Å². The molecule has 0 aliphatic rings. The third kappa shape index (κ3) is 4.56. The van der Waals surface area contributed by atoms with Crippen LogP contribution in [-0.2, 0) is 19.6 Å². The van der Waals surface area contributed by atoms with Gasteiger partial charge in [0.2, 0.25) is 0 Å². The highest BCUT2D eigenvalue weighted by molar-refractivity contribution is 9.11. The SMILES string of the molecule is COc1ccc(Cn2nncc2CNCc2ncc(Br)s2)cc1OC. The topological polar surface area (TPSA) is 74.1 Å². The second-order valence-corrected chi connectivity index (χ2v) is 7.73. The fourth-order valence-corrected chi connectivity index (χ4v) is 3.64. The number of rotatable bonds is 8. The molecule has 0 unspecified atom stereocenters. The van der Waals surface area contributed by atoms with Crippen molar-refractivity contribution >= 4 is 27.3 Å². The van der Waals surface area contributed by atoms with Gasteiger partial charge in [0.05, 0.1) is 42.6 Å². The standard InChI is InChI=1S/C16H18BrN5O2S/c1-23-13-4-3-11(5-14(13)24-2)10-22-12(7-20-21-22)6-18-9-16-19-8-15(17)25-16/h3-5,7-8,18H,6,9-10H2,1-2H3. The van der Waals surface area contributed by atoms with E-state index in [9.17, 15) is 0 Å². The maximum atomic E-state index is 5.35. The number of thiazole rings is 1. The summed E-state index contributed by atoms with van der Waals surface area (Å²) in [6.45, 7) is 1.98. The van der Waals surface area contributed by atoms with Crippen molar-refractivity contribution in [3.63, 3.8) is 0 Å². The van der Waals surface area contributed by atoms with Gasteiger partial charge in [-0.3, -0.25) is 0 Å². The van der Waals surface area contributed by atoms with Gasteiger partial charge in [0, 0.05) is 13.1 Å². The molecule has 25 heavy (non-hydrogen) atoms. The molecule has 0 aliphatic heterocycles. The number of halogens is 1. The van der Waals surface area contributed by atoms with Gasteiger partial charge in [0.1, 0.15) is 5.01 Å². The first-order valence-corrected chi connectivity index (χ1v) is 9.19. The summed E-state index contributed by atoms with van der Waals surface area (Å²) in [7, 11) is 3.25. The molecule has 0 bridgehead atoms. The molecular weight excluding hydrogens is 406 g/mol. The average molecular weight is 424 g/mol. The van der Waals surface area contributed by atoms with Crippen molar-refractivity contribution in [1.82, 2.24) is 25.3 Å². The molecule has 3 rings (SSSR count). The van der Waals surface area contributed by atoms with Gasteiger partial charge in [0.15, 0.2) is 11.5 Å². The van der Waals surface area contributed by atoms with Gasteiger partial charge in [-0.05, 0) is 33.6 Å². The molecule has 0 amide bonds. The quantitative estimate of drug-likeness (QED) is 0.600. The fourth-order valence-electron chi connectivity index (χ4n) is 2.37. The Labute approximate surface area is 158 Å². The van der Waals surface area contributed by atoms with Crippen LogP contribution in [-0.4, -0.2) is 34.2 Å². The predicted octanol–water partition coefficient (Wildman–Crippen LogP) is 2.85. The molecule has 0 atom stereocenters. The van der Waals surface area contributed by atoms with Crippen LogP contribution in [0.15, 0.2) is 34.4 Å². The normalized spacial score (nSPS) is 10.8. The van der Waals surface area contributed by atoms with Crippen LogP contribution in [0.2, 0.25) is 0 Å². The fraction of sp³-hybridized carbons (Fsp3) is 0.312. The zero-order chi connectivity index (χ0) is 17.6. The Bertz CT molecular complexity index is 836. The number of methoxy groups -OCH3 is 2. The summed E-state index contributed by atoms with van der Waals surface area (Å²) in [5.41, 5.74) is 2.07. The van der Waals surface area contributed by atoms with Crippen LogP contribution in [0.5, 0.6) is 11.5 Å². The van der Waals surface area contributed by atoms with E-state index in [0.29, 0.717) is 31.1 Å². The summed E-state index contributed by atoms with van der Waals surface area (Å²) in [5, 5.41) is 12.6. The first kappa shape index (κ1) is 17.8. The molecule has 132 valence electrons. The number of benzene rings is 1. The molecule has 3 aromatic rings. The summed E-state index contributed by atoms with van der Waals surface area (Å²) in [6, 6.07) is 5.83. The largest absolute Gasteiger partial charge is 0.493 e. The average Bonchev–Trinajstić information content (AvgIpc) is 3.24. The zero-order valence-corrected chi connectivity index (χ0v) is 16.3. The number of hydrogen-bond donors (Lipinski definition) is 1. The molecule has 0 radical (unpaired) electrons. The number of ether oxygens (including phenoxy) is 2. The minimum Gasteiger partial charge on any atom is -0.493 e. The molecule has 0 saturated heterocycles. The van der Waals surface area contributed by atoms with E-state index in [2.05, 4.69) is 36.5 Å². The maximum Gasteiger partial charge on any atom is 0.161 e. The van der Waals surface area contributed by atoms with Crippen LogP contribution in [0.3, 0.4) is 0 Å². The summed E-state index contributed by atoms with van der Waals surface area (Å²) in [5.74, 6) is 1.41. The highest BCUT2D eigenvalue weighted by Gasteiger charge is 2.09. The van der Waals surface area contributed by atoms with Crippen LogP contribution in [0.1, 0.15) is 16.3 Å². The lowest BCUT2D eigenvalue weighted by Gasteiger charge is -2.11. The number of nitrogens with zero attached hydrogens (tertiary/aromatic N) is 4. The molecule has 0 saturated carbocycles. The Morgan fingerprint density at radius 3 is 2.72 bits per heavy atom. The monoisotopic (exact) mass is 423 g/mol. The summed E-state index contributed by atoms with van der Waals surface area (Å²) in [6.07, 6.45) is 3.58. The Morgan fingerprint density at radius 1 is 1.16 bits per heavy atom. The Morgan fingerprint density at radius 2 is 2.00 bits per heavy atom. The number of nitrogens with one attached hydrogen (secondary N) is 1. The summed E-state index contributed by atoms with van der Waals surface area (Å²) in [4.78, 5) is 4.31. The first-order chi connectivity index (χ1) is 12.2. The third-order valence-corrected chi connectivity index (χ3v) is 5.06. The molecule has 2 heterocycles. The Kier molecular flexibility index (Phi) is 6.00. The van der Waals surface area contributed by atoms with E-state index in [-0.39, 0.29) is 0 Å². The van der Waals surface area contributed by atoms with Crippen molar-refractivity contribution in [3.05, 3.63) is 50.6 Å². The minimum atomic E-state index is 0.611. The highest BCUT2D eigenvalue weighted by Crippen LogP contribution is 2.27. The Balaban J connectivity index is 1.63. The van der Waals surface area contributed by atoms with Gasteiger partial charge < -0.3 is 14.8 Å². The second kappa shape index (κ2) is 8.41. The molecule has 0 fully saturated rings. The van der Waals surface area contributed by atoms with Crippen LogP contribution < -0.4 is 14.8 Å². The smallest absolute Gasteiger partial charge is 0.161 e. The van der Waals surface area contributed by atoms with Crippen LogP contribution >= 0.6 is 27.3 Å². The van der Waals surface area contributed by atoms with Gasteiger partial charge in [-0.15, -0.1) is 16.4 Å². The van der Waals surface area contributed by atoms with Crippen molar-refractivity contribution in [3.8, 4) is 11.5 Å². The minimum absolute atomic E-state index is 0.611. The molecule has 0 aliphatic carbocycles. The highest BCUT2D eigenvalue weighted by atomic mass is 79.9. The van der Waals surface area contributed by atoms with E-state index in [1.165, 1.54) is 0 Å². The van der Waals surface area contributed by atoms with Crippen molar-refractivity contribution in [1.29, 1.82) is 0 Å². The lowest BCUT2D eigenvalue weighted by Crippen LogP contribution is -2.16. The molecule has 1 aromatic carbocycles. The van der Waals surface area contributed by atoms with Gasteiger partial charge >= 0.3 is 0 Å². The van der Waals surface area contributed by atoms with Crippen molar-refractivity contribution < 1.29 is 9.47 Å². The lowest BCUT2D eigenvalue weighted by molar-refractivity contribution is 0.354. The number of hydrogen-bond acceptors (Lipinski definition) is 7. The van der Waals surface area contributed by atoms with Crippen molar-refractivity contribution in [2.45, 2.75) is 19.6 Å². The molecule has 0 spiro atoms. The molecule has 9 heteroatoms. The first-order valence-electron chi connectivity index (χ1n) is 7.58. The van der Waals surface area contributed by atoms with Gasteiger partial charge in [-0.1, -0.05) is 11.3 Å². The van der Waals surface area contributed by atoms with Gasteiger partial charge in [0.25, 0.3) is 0 Å². The molecular formula is C16H18BrN5O2S. The molecule has 2 aromatic heterocycles. The van der Waals surface area contributed by atoms with E-state index in [0.717, 1.165) is 20.1 Å². The summed E-state index contributed by atoms with van der Waals surface area (Å²) >= 11 is 5.04.